The van der Waals surface area contributed by atoms with Gasteiger partial charge in [0.05, 0.1) is 22.1 Å². The fraction of sp³-hybridized carbons (Fsp3) is 0.261. The number of benzene rings is 2. The third-order valence-corrected chi connectivity index (χ3v) is 7.47. The first-order chi connectivity index (χ1) is 15.0. The molecule has 31 heavy (non-hydrogen) atoms. The summed E-state index contributed by atoms with van der Waals surface area (Å²) in [6.07, 6.45) is 3.37. The Kier molecular flexibility index (Phi) is 4.13. The lowest BCUT2D eigenvalue weighted by Gasteiger charge is -2.44. The summed E-state index contributed by atoms with van der Waals surface area (Å²) in [6, 6.07) is 13.7. The van der Waals surface area contributed by atoms with Gasteiger partial charge in [0.25, 0.3) is 5.91 Å². The summed E-state index contributed by atoms with van der Waals surface area (Å²) in [7, 11) is 1.97. The van der Waals surface area contributed by atoms with Gasteiger partial charge in [-0.2, -0.15) is 5.10 Å². The van der Waals surface area contributed by atoms with Crippen molar-refractivity contribution in [2.24, 2.45) is 7.05 Å². The van der Waals surface area contributed by atoms with Crippen molar-refractivity contribution in [2.75, 3.05) is 13.1 Å². The second kappa shape index (κ2) is 6.80. The quantitative estimate of drug-likeness (QED) is 0.415. The molecule has 156 valence electrons. The zero-order valence-electron chi connectivity index (χ0n) is 16.8. The molecule has 2 aromatic carbocycles. The number of nitrogens with zero attached hydrogens (tertiary/aromatic N) is 4. The van der Waals surface area contributed by atoms with Gasteiger partial charge in [-0.1, -0.05) is 23.7 Å². The van der Waals surface area contributed by atoms with Crippen LogP contribution in [0.25, 0.3) is 21.5 Å². The van der Waals surface area contributed by atoms with Gasteiger partial charge in [0.15, 0.2) is 4.47 Å². The van der Waals surface area contributed by atoms with Crippen LogP contribution in [0.3, 0.4) is 0 Å². The number of para-hydroxylation sites is 1. The van der Waals surface area contributed by atoms with E-state index in [4.69, 9.17) is 16.3 Å². The first-order valence-electron chi connectivity index (χ1n) is 10.2. The average molecular weight is 451 g/mol. The first-order valence-corrected chi connectivity index (χ1v) is 11.4. The molecule has 1 spiro atoms. The van der Waals surface area contributed by atoms with Gasteiger partial charge in [0.1, 0.15) is 11.4 Å². The number of thiazole rings is 1. The molecular formula is C23H19ClN4O2S. The van der Waals surface area contributed by atoms with Gasteiger partial charge < -0.3 is 9.64 Å². The highest BCUT2D eigenvalue weighted by Gasteiger charge is 2.45. The van der Waals surface area contributed by atoms with E-state index in [9.17, 15) is 4.79 Å². The number of amides is 1. The van der Waals surface area contributed by atoms with Crippen molar-refractivity contribution in [1.29, 1.82) is 0 Å². The number of carbonyl (C=O) groups is 1. The summed E-state index contributed by atoms with van der Waals surface area (Å²) in [5.74, 6) is 0.912. The van der Waals surface area contributed by atoms with Crippen LogP contribution in [0.4, 0.5) is 0 Å². The number of hydrogen-bond donors (Lipinski definition) is 0. The van der Waals surface area contributed by atoms with E-state index in [0.717, 1.165) is 45.6 Å². The van der Waals surface area contributed by atoms with Crippen molar-refractivity contribution in [1.82, 2.24) is 19.7 Å². The largest absolute Gasteiger partial charge is 0.482 e. The Morgan fingerprint density at radius 3 is 2.84 bits per heavy atom. The second-order valence-corrected chi connectivity index (χ2v) is 9.68. The molecule has 6 nitrogen and oxygen atoms in total. The molecule has 0 unspecified atom stereocenters. The minimum atomic E-state index is -0.454. The van der Waals surface area contributed by atoms with Crippen LogP contribution >= 0.6 is 22.9 Å². The summed E-state index contributed by atoms with van der Waals surface area (Å²) in [4.78, 5) is 19.4. The SMILES string of the molecule is Cn1ncc2c1-c1ccccc1OC21CCN(C(=O)c2ccc3nc(Cl)sc3c2)CC1. The van der Waals surface area contributed by atoms with E-state index >= 15 is 0 Å². The number of fused-ring (bicyclic) bond motifs is 5. The fourth-order valence-electron chi connectivity index (χ4n) is 4.76. The number of piperidine rings is 1. The van der Waals surface area contributed by atoms with Crippen molar-refractivity contribution >= 4 is 39.1 Å². The first kappa shape index (κ1) is 18.8. The predicted molar refractivity (Wildman–Crippen MR) is 121 cm³/mol. The Bertz CT molecular complexity index is 1340. The maximum Gasteiger partial charge on any atom is 0.253 e. The second-order valence-electron chi connectivity index (χ2n) is 8.06. The van der Waals surface area contributed by atoms with Crippen molar-refractivity contribution < 1.29 is 9.53 Å². The number of aromatic nitrogens is 3. The van der Waals surface area contributed by atoms with Gasteiger partial charge in [-0.15, -0.1) is 11.3 Å². The molecule has 4 aromatic rings. The monoisotopic (exact) mass is 450 g/mol. The highest BCUT2D eigenvalue weighted by Crippen LogP contribution is 2.49. The molecule has 8 heteroatoms. The summed E-state index contributed by atoms with van der Waals surface area (Å²) in [5, 5.41) is 4.52. The molecule has 0 radical (unpaired) electrons. The molecule has 6 rings (SSSR count). The van der Waals surface area contributed by atoms with Gasteiger partial charge in [-0.25, -0.2) is 4.98 Å². The van der Waals surface area contributed by atoms with Crippen molar-refractivity contribution in [2.45, 2.75) is 18.4 Å². The zero-order chi connectivity index (χ0) is 21.2. The number of halogens is 1. The Hall–Kier alpha value is -2.90. The molecule has 0 atom stereocenters. The lowest BCUT2D eigenvalue weighted by molar-refractivity contribution is -0.00171. The Morgan fingerprint density at radius 2 is 2.00 bits per heavy atom. The summed E-state index contributed by atoms with van der Waals surface area (Å²) in [5.41, 5.74) is 4.32. The standard InChI is InChI=1S/C23H19ClN4O2S/c1-27-20-15-4-2-3-5-18(15)30-23(16(20)13-25-27)8-10-28(11-9-23)21(29)14-6-7-17-19(12-14)31-22(24)26-17/h2-7,12-13H,8-11H2,1H3. The van der Waals surface area contributed by atoms with Crippen LogP contribution in [0.5, 0.6) is 5.75 Å². The molecule has 2 aliphatic heterocycles. The van der Waals surface area contributed by atoms with Gasteiger partial charge >= 0.3 is 0 Å². The molecule has 1 amide bonds. The lowest BCUT2D eigenvalue weighted by Crippen LogP contribution is -2.49. The van der Waals surface area contributed by atoms with Crippen LogP contribution in [0.15, 0.2) is 48.7 Å². The molecular weight excluding hydrogens is 432 g/mol. The third kappa shape index (κ3) is 2.87. The minimum Gasteiger partial charge on any atom is -0.482 e. The zero-order valence-corrected chi connectivity index (χ0v) is 18.4. The number of hydrogen-bond acceptors (Lipinski definition) is 5. The van der Waals surface area contributed by atoms with Crippen LogP contribution in [0.2, 0.25) is 4.47 Å². The fourth-order valence-corrected chi connectivity index (χ4v) is 5.83. The molecule has 4 heterocycles. The van der Waals surface area contributed by atoms with Gasteiger partial charge in [0, 0.05) is 49.7 Å². The number of ether oxygens (including phenoxy) is 1. The lowest BCUT2D eigenvalue weighted by atomic mass is 9.81. The maximum atomic E-state index is 13.2. The molecule has 0 aliphatic carbocycles. The van der Waals surface area contributed by atoms with Gasteiger partial charge in [-0.3, -0.25) is 9.48 Å². The van der Waals surface area contributed by atoms with E-state index in [-0.39, 0.29) is 5.91 Å². The maximum absolute atomic E-state index is 13.2. The van der Waals surface area contributed by atoms with E-state index in [0.29, 0.717) is 23.1 Å². The average Bonchev–Trinajstić information content (AvgIpc) is 3.36. The van der Waals surface area contributed by atoms with Gasteiger partial charge in [-0.05, 0) is 30.3 Å². The van der Waals surface area contributed by atoms with Crippen molar-refractivity contribution in [3.63, 3.8) is 0 Å². The Morgan fingerprint density at radius 1 is 1.19 bits per heavy atom. The van der Waals surface area contributed by atoms with E-state index in [1.54, 1.807) is 0 Å². The van der Waals surface area contributed by atoms with Crippen molar-refractivity contribution in [3.05, 3.63) is 64.3 Å². The van der Waals surface area contributed by atoms with Crippen LogP contribution in [-0.4, -0.2) is 38.7 Å². The van der Waals surface area contributed by atoms with E-state index in [2.05, 4.69) is 16.1 Å². The highest BCUT2D eigenvalue weighted by molar-refractivity contribution is 7.22. The molecule has 0 saturated carbocycles. The molecule has 1 fully saturated rings. The van der Waals surface area contributed by atoms with E-state index < -0.39 is 5.60 Å². The molecule has 1 saturated heterocycles. The number of rotatable bonds is 1. The van der Waals surface area contributed by atoms with Crippen LogP contribution in [0.1, 0.15) is 28.8 Å². The summed E-state index contributed by atoms with van der Waals surface area (Å²) < 4.78 is 9.92. The molecule has 0 bridgehead atoms. The number of aryl methyl sites for hydroxylation is 1. The topological polar surface area (TPSA) is 60.2 Å². The minimum absolute atomic E-state index is 0.0314. The molecule has 2 aromatic heterocycles. The molecule has 0 N–H and O–H groups in total. The smallest absolute Gasteiger partial charge is 0.253 e. The molecule has 2 aliphatic rings. The third-order valence-electron chi connectivity index (χ3n) is 6.34. The van der Waals surface area contributed by atoms with Crippen molar-refractivity contribution in [3.8, 4) is 17.0 Å². The summed E-state index contributed by atoms with van der Waals surface area (Å²) in [6.45, 7) is 1.24. The summed E-state index contributed by atoms with van der Waals surface area (Å²) >= 11 is 7.41. The Labute approximate surface area is 188 Å². The van der Waals surface area contributed by atoms with Gasteiger partial charge in [0.2, 0.25) is 0 Å². The van der Waals surface area contributed by atoms with Crippen LogP contribution < -0.4 is 4.74 Å². The van der Waals surface area contributed by atoms with Crippen LogP contribution in [-0.2, 0) is 12.6 Å². The predicted octanol–water partition coefficient (Wildman–Crippen LogP) is 4.87. The highest BCUT2D eigenvalue weighted by atomic mass is 35.5. The Balaban J connectivity index is 1.28. The number of carbonyl (C=O) groups excluding carboxylic acids is 1. The number of likely N-dealkylation sites (tertiary alicyclic amines) is 1. The normalized spacial score (nSPS) is 16.8. The van der Waals surface area contributed by atoms with Crippen LogP contribution in [0, 0.1) is 0 Å². The van der Waals surface area contributed by atoms with E-state index in [1.807, 2.05) is 59.2 Å². The van der Waals surface area contributed by atoms with E-state index in [1.165, 1.54) is 11.3 Å².